The van der Waals surface area contributed by atoms with E-state index in [1.807, 2.05) is 0 Å². The molecular weight excluding hydrogens is 334 g/mol. The monoisotopic (exact) mass is 357 g/mol. The van der Waals surface area contributed by atoms with Crippen LogP contribution in [0.1, 0.15) is 0 Å². The first kappa shape index (κ1) is 17.5. The predicted molar refractivity (Wildman–Crippen MR) is 85.8 cm³/mol. The molecule has 0 aromatic carbocycles. The molecule has 2 fully saturated rings. The van der Waals surface area contributed by atoms with Crippen molar-refractivity contribution < 1.29 is 16.8 Å². The summed E-state index contributed by atoms with van der Waals surface area (Å²) >= 11 is 1.49. The van der Waals surface area contributed by atoms with Crippen molar-refractivity contribution in [1.29, 1.82) is 0 Å². The third-order valence-corrected chi connectivity index (χ3v) is 8.39. The van der Waals surface area contributed by atoms with Gasteiger partial charge in [0, 0.05) is 57.0 Å². The number of hydrogen-bond donors (Lipinski definition) is 1. The molecule has 0 radical (unpaired) electrons. The minimum atomic E-state index is -3.54. The lowest BCUT2D eigenvalue weighted by atomic mass is 10.4. The number of sulfonamides is 1. The summed E-state index contributed by atoms with van der Waals surface area (Å²) in [5, 5.41) is 2.31. The maximum absolute atomic E-state index is 12.5. The Balaban J connectivity index is 2.02. The molecule has 2 saturated heterocycles. The van der Waals surface area contributed by atoms with Crippen molar-refractivity contribution >= 4 is 31.6 Å². The first-order valence-corrected chi connectivity index (χ1v) is 11.7. The number of sulfone groups is 1. The van der Waals surface area contributed by atoms with E-state index in [1.165, 1.54) is 16.1 Å². The fourth-order valence-corrected chi connectivity index (χ4v) is 7.80. The van der Waals surface area contributed by atoms with E-state index >= 15 is 0 Å². The van der Waals surface area contributed by atoms with Crippen LogP contribution in [0.4, 0.5) is 0 Å². The van der Waals surface area contributed by atoms with Gasteiger partial charge in [0.15, 0.2) is 9.84 Å². The molecule has 1 unspecified atom stereocenters. The molecule has 0 amide bonds. The molecule has 0 bridgehead atoms. The van der Waals surface area contributed by atoms with Crippen LogP contribution in [0, 0.1) is 0 Å². The summed E-state index contributed by atoms with van der Waals surface area (Å²) < 4.78 is 49.8. The predicted octanol–water partition coefficient (Wildman–Crippen LogP) is -1.36. The third kappa shape index (κ3) is 4.80. The third-order valence-electron chi connectivity index (χ3n) is 3.76. The van der Waals surface area contributed by atoms with Gasteiger partial charge in [0.05, 0.1) is 5.75 Å². The van der Waals surface area contributed by atoms with Gasteiger partial charge in [-0.15, -0.1) is 0 Å². The molecule has 0 saturated carbocycles. The average molecular weight is 358 g/mol. The van der Waals surface area contributed by atoms with Crippen LogP contribution in [0.3, 0.4) is 0 Å². The molecule has 2 rings (SSSR count). The van der Waals surface area contributed by atoms with E-state index in [4.69, 9.17) is 0 Å². The molecule has 1 atom stereocenters. The fourth-order valence-electron chi connectivity index (χ4n) is 2.52. The zero-order chi connectivity index (χ0) is 15.5. The van der Waals surface area contributed by atoms with Crippen molar-refractivity contribution in [3.63, 3.8) is 0 Å². The summed E-state index contributed by atoms with van der Waals surface area (Å²) in [5.41, 5.74) is 0. The van der Waals surface area contributed by atoms with Gasteiger partial charge in [0.25, 0.3) is 0 Å². The number of nitrogens with zero attached hydrogens (tertiary/aromatic N) is 2. The van der Waals surface area contributed by atoms with E-state index in [2.05, 4.69) is 10.2 Å². The van der Waals surface area contributed by atoms with Crippen molar-refractivity contribution in [2.45, 2.75) is 5.37 Å². The molecule has 10 heteroatoms. The molecule has 2 aliphatic rings. The van der Waals surface area contributed by atoms with E-state index in [9.17, 15) is 16.8 Å². The Hall–Kier alpha value is 0.130. The SMILES string of the molecule is CS(=O)(=O)C1CSCCN1S(=O)(=O)CCN1CCNCC1. The highest BCUT2D eigenvalue weighted by Crippen LogP contribution is 2.23. The average Bonchev–Trinajstić information content (AvgIpc) is 2.45. The second-order valence-corrected chi connectivity index (χ2v) is 10.8. The highest BCUT2D eigenvalue weighted by atomic mass is 32.2. The molecule has 0 spiro atoms. The van der Waals surface area contributed by atoms with E-state index < -0.39 is 25.2 Å². The summed E-state index contributed by atoms with van der Waals surface area (Å²) in [7, 11) is -6.94. The van der Waals surface area contributed by atoms with Gasteiger partial charge in [-0.1, -0.05) is 0 Å². The van der Waals surface area contributed by atoms with Gasteiger partial charge in [0.2, 0.25) is 10.0 Å². The number of rotatable bonds is 5. The minimum absolute atomic E-state index is 0.0102. The molecule has 124 valence electrons. The Labute approximate surface area is 131 Å². The molecule has 1 N–H and O–H groups in total. The minimum Gasteiger partial charge on any atom is -0.314 e. The van der Waals surface area contributed by atoms with Crippen LogP contribution in [0.5, 0.6) is 0 Å². The van der Waals surface area contributed by atoms with E-state index in [1.54, 1.807) is 0 Å². The number of thioether (sulfide) groups is 1. The van der Waals surface area contributed by atoms with Gasteiger partial charge in [-0.3, -0.25) is 4.90 Å². The van der Waals surface area contributed by atoms with Crippen molar-refractivity contribution in [1.82, 2.24) is 14.5 Å². The topological polar surface area (TPSA) is 86.8 Å². The molecule has 2 heterocycles. The summed E-state index contributed by atoms with van der Waals surface area (Å²) in [6.45, 7) is 4.15. The summed E-state index contributed by atoms with van der Waals surface area (Å²) in [5.74, 6) is 0.967. The Kier molecular flexibility index (Phi) is 5.94. The first-order valence-electron chi connectivity index (χ1n) is 7.00. The Morgan fingerprint density at radius 3 is 2.43 bits per heavy atom. The van der Waals surface area contributed by atoms with Gasteiger partial charge >= 0.3 is 0 Å². The van der Waals surface area contributed by atoms with Gasteiger partial charge in [-0.05, 0) is 0 Å². The van der Waals surface area contributed by atoms with Crippen LogP contribution < -0.4 is 5.32 Å². The van der Waals surface area contributed by atoms with Gasteiger partial charge in [0.1, 0.15) is 5.37 Å². The summed E-state index contributed by atoms with van der Waals surface area (Å²) in [4.78, 5) is 2.10. The maximum Gasteiger partial charge on any atom is 0.216 e. The summed E-state index contributed by atoms with van der Waals surface area (Å²) in [6.07, 6.45) is 1.11. The lowest BCUT2D eigenvalue weighted by Crippen LogP contribution is -2.52. The van der Waals surface area contributed by atoms with Crippen molar-refractivity contribution in [2.75, 3.05) is 62.8 Å². The molecular formula is C11H23N3O4S3. The van der Waals surface area contributed by atoms with Crippen LogP contribution in [-0.4, -0.2) is 94.2 Å². The quantitative estimate of drug-likeness (QED) is 0.650. The standard InChI is InChI=1S/C11H23N3O4S3/c1-20(15,16)11-10-19-8-6-14(11)21(17,18)9-7-13-4-2-12-3-5-13/h11-12H,2-10H2,1H3. The lowest BCUT2D eigenvalue weighted by Gasteiger charge is -2.34. The van der Waals surface area contributed by atoms with Gasteiger partial charge in [-0.25, -0.2) is 16.8 Å². The second kappa shape index (κ2) is 7.14. The van der Waals surface area contributed by atoms with E-state index in [0.29, 0.717) is 18.1 Å². The number of hydrogen-bond acceptors (Lipinski definition) is 7. The van der Waals surface area contributed by atoms with Crippen LogP contribution in [0.2, 0.25) is 0 Å². The second-order valence-electron chi connectivity index (χ2n) is 5.38. The van der Waals surface area contributed by atoms with E-state index in [-0.39, 0.29) is 12.3 Å². The number of nitrogens with one attached hydrogen (secondary N) is 1. The number of piperazine rings is 1. The van der Waals surface area contributed by atoms with E-state index in [0.717, 1.165) is 32.4 Å². The molecule has 0 aromatic heterocycles. The van der Waals surface area contributed by atoms with Crippen molar-refractivity contribution in [3.05, 3.63) is 0 Å². The molecule has 0 aliphatic carbocycles. The molecule has 0 aromatic rings. The Morgan fingerprint density at radius 2 is 1.81 bits per heavy atom. The normalized spacial score (nSPS) is 26.8. The Morgan fingerprint density at radius 1 is 1.14 bits per heavy atom. The molecule has 21 heavy (non-hydrogen) atoms. The smallest absolute Gasteiger partial charge is 0.216 e. The van der Waals surface area contributed by atoms with Crippen LogP contribution in [-0.2, 0) is 19.9 Å². The highest BCUT2D eigenvalue weighted by Gasteiger charge is 2.38. The fraction of sp³-hybridized carbons (Fsp3) is 1.00. The first-order chi connectivity index (χ1) is 9.81. The van der Waals surface area contributed by atoms with Crippen LogP contribution in [0.15, 0.2) is 0 Å². The van der Waals surface area contributed by atoms with Crippen molar-refractivity contribution in [3.8, 4) is 0 Å². The zero-order valence-corrected chi connectivity index (χ0v) is 14.6. The molecule has 7 nitrogen and oxygen atoms in total. The zero-order valence-electron chi connectivity index (χ0n) is 12.2. The molecule has 2 aliphatic heterocycles. The largest absolute Gasteiger partial charge is 0.314 e. The van der Waals surface area contributed by atoms with Gasteiger partial charge < -0.3 is 5.32 Å². The van der Waals surface area contributed by atoms with Crippen LogP contribution >= 0.6 is 11.8 Å². The van der Waals surface area contributed by atoms with Gasteiger partial charge in [-0.2, -0.15) is 16.1 Å². The Bertz CT molecular complexity index is 543. The summed E-state index contributed by atoms with van der Waals surface area (Å²) in [6, 6.07) is 0. The van der Waals surface area contributed by atoms with Crippen LogP contribution in [0.25, 0.3) is 0 Å². The maximum atomic E-state index is 12.5. The van der Waals surface area contributed by atoms with Crippen molar-refractivity contribution in [2.24, 2.45) is 0 Å². The lowest BCUT2D eigenvalue weighted by molar-refractivity contribution is 0.252. The highest BCUT2D eigenvalue weighted by molar-refractivity contribution is 8.01.